The Bertz CT molecular complexity index is 724. The number of thioether (sulfide) groups is 1. The zero-order chi connectivity index (χ0) is 17.2. The number of fused-ring (bicyclic) bond motifs is 1. The molecule has 1 aromatic rings. The van der Waals surface area contributed by atoms with Gasteiger partial charge >= 0.3 is 0 Å². The number of piperazine rings is 1. The number of carbonyl (C=O) groups excluding carboxylic acids is 1. The van der Waals surface area contributed by atoms with Crippen molar-refractivity contribution in [2.75, 3.05) is 44.2 Å². The van der Waals surface area contributed by atoms with Crippen LogP contribution in [-0.4, -0.2) is 65.1 Å². The zero-order valence-electron chi connectivity index (χ0n) is 14.5. The van der Waals surface area contributed by atoms with E-state index < -0.39 is 0 Å². The van der Waals surface area contributed by atoms with Gasteiger partial charge < -0.3 is 14.7 Å². The lowest BCUT2D eigenvalue weighted by molar-refractivity contribution is -0.130. The summed E-state index contributed by atoms with van der Waals surface area (Å²) in [5.41, 5.74) is 2.30. The first-order valence-corrected chi connectivity index (χ1v) is 9.72. The molecule has 4 rings (SSSR count). The Morgan fingerprint density at radius 2 is 2.08 bits per heavy atom. The van der Waals surface area contributed by atoms with E-state index in [9.17, 15) is 4.79 Å². The van der Waals surface area contributed by atoms with Crippen LogP contribution in [0.15, 0.2) is 34.4 Å². The number of amidine groups is 1. The number of carbonyl (C=O) groups is 1. The van der Waals surface area contributed by atoms with Crippen molar-refractivity contribution in [1.29, 1.82) is 0 Å². The number of rotatable bonds is 3. The van der Waals surface area contributed by atoms with Crippen LogP contribution in [0.5, 0.6) is 0 Å². The number of pyridine rings is 1. The summed E-state index contributed by atoms with van der Waals surface area (Å²) in [6.45, 7) is 7.18. The van der Waals surface area contributed by atoms with E-state index in [0.717, 1.165) is 62.4 Å². The molecule has 3 aliphatic heterocycles. The summed E-state index contributed by atoms with van der Waals surface area (Å²) in [4.78, 5) is 28.2. The van der Waals surface area contributed by atoms with E-state index in [0.29, 0.717) is 6.42 Å². The van der Waals surface area contributed by atoms with Gasteiger partial charge in [0.2, 0.25) is 5.91 Å². The number of anilines is 1. The molecule has 25 heavy (non-hydrogen) atoms. The standard InChI is InChI=1S/C18H23N5OS/c1-14-4-2-5-19-17(14)22-10-8-21(9-11-22)16(24)12-15-13-25-18-20-6-3-7-23(15)18/h2,4-5,13H,3,6-12H2,1H3. The molecular weight excluding hydrogens is 334 g/mol. The molecule has 1 aromatic heterocycles. The average molecular weight is 357 g/mol. The molecular formula is C18H23N5OS. The van der Waals surface area contributed by atoms with Gasteiger partial charge in [-0.15, -0.1) is 0 Å². The maximum atomic E-state index is 12.7. The fourth-order valence-corrected chi connectivity index (χ4v) is 4.47. The maximum Gasteiger partial charge on any atom is 0.228 e. The van der Waals surface area contributed by atoms with Gasteiger partial charge in [-0.2, -0.15) is 0 Å². The third kappa shape index (κ3) is 3.38. The highest BCUT2D eigenvalue weighted by molar-refractivity contribution is 8.16. The van der Waals surface area contributed by atoms with Crippen molar-refractivity contribution in [3.05, 3.63) is 35.0 Å². The molecule has 1 fully saturated rings. The van der Waals surface area contributed by atoms with Crippen LogP contribution in [0.2, 0.25) is 0 Å². The van der Waals surface area contributed by atoms with Crippen LogP contribution in [0.25, 0.3) is 0 Å². The van der Waals surface area contributed by atoms with Crippen LogP contribution in [0.3, 0.4) is 0 Å². The monoisotopic (exact) mass is 357 g/mol. The fourth-order valence-electron chi connectivity index (χ4n) is 3.52. The second kappa shape index (κ2) is 7.07. The van der Waals surface area contributed by atoms with E-state index in [1.165, 1.54) is 5.56 Å². The van der Waals surface area contributed by atoms with Crippen LogP contribution in [0.4, 0.5) is 5.82 Å². The Morgan fingerprint density at radius 1 is 1.24 bits per heavy atom. The van der Waals surface area contributed by atoms with Crippen molar-refractivity contribution in [2.45, 2.75) is 19.8 Å². The Kier molecular flexibility index (Phi) is 4.65. The molecule has 0 spiro atoms. The smallest absolute Gasteiger partial charge is 0.228 e. The van der Waals surface area contributed by atoms with Crippen molar-refractivity contribution in [3.8, 4) is 0 Å². The van der Waals surface area contributed by atoms with Gasteiger partial charge in [0.25, 0.3) is 0 Å². The molecule has 0 aromatic carbocycles. The van der Waals surface area contributed by atoms with E-state index >= 15 is 0 Å². The summed E-state index contributed by atoms with van der Waals surface area (Å²) in [7, 11) is 0. The Balaban J connectivity index is 1.34. The minimum absolute atomic E-state index is 0.219. The number of aryl methyl sites for hydroxylation is 1. The summed E-state index contributed by atoms with van der Waals surface area (Å²) in [6, 6.07) is 4.05. The molecule has 132 valence electrons. The summed E-state index contributed by atoms with van der Waals surface area (Å²) >= 11 is 1.65. The number of aliphatic imine (C=N–C) groups is 1. The predicted molar refractivity (Wildman–Crippen MR) is 102 cm³/mol. The molecule has 0 unspecified atom stereocenters. The fraction of sp³-hybridized carbons (Fsp3) is 0.500. The first-order valence-electron chi connectivity index (χ1n) is 8.84. The van der Waals surface area contributed by atoms with E-state index in [-0.39, 0.29) is 5.91 Å². The molecule has 0 bridgehead atoms. The highest BCUT2D eigenvalue weighted by Crippen LogP contribution is 2.31. The van der Waals surface area contributed by atoms with Gasteiger partial charge in [-0.05, 0) is 30.4 Å². The van der Waals surface area contributed by atoms with E-state index in [1.54, 1.807) is 11.8 Å². The minimum Gasteiger partial charge on any atom is -0.353 e. The summed E-state index contributed by atoms with van der Waals surface area (Å²) < 4.78 is 0. The van der Waals surface area contributed by atoms with Crippen LogP contribution in [0.1, 0.15) is 18.4 Å². The third-order valence-electron chi connectivity index (χ3n) is 4.91. The second-order valence-electron chi connectivity index (χ2n) is 6.59. The van der Waals surface area contributed by atoms with E-state index in [2.05, 4.69) is 38.2 Å². The lowest BCUT2D eigenvalue weighted by Gasteiger charge is -2.36. The molecule has 0 radical (unpaired) electrons. The van der Waals surface area contributed by atoms with Crippen molar-refractivity contribution < 1.29 is 4.79 Å². The van der Waals surface area contributed by atoms with Crippen LogP contribution in [0, 0.1) is 6.92 Å². The SMILES string of the molecule is Cc1cccnc1N1CCN(C(=O)CC2=CSC3=NCCCN23)CC1. The van der Waals surface area contributed by atoms with Gasteiger partial charge in [-0.3, -0.25) is 9.79 Å². The van der Waals surface area contributed by atoms with Crippen LogP contribution >= 0.6 is 11.8 Å². The highest BCUT2D eigenvalue weighted by Gasteiger charge is 2.29. The summed E-state index contributed by atoms with van der Waals surface area (Å²) in [5.74, 6) is 1.26. The quantitative estimate of drug-likeness (QED) is 0.829. The Hall–Kier alpha value is -2.02. The Labute approximate surface area is 152 Å². The number of hydrogen-bond donors (Lipinski definition) is 0. The van der Waals surface area contributed by atoms with Gasteiger partial charge in [-0.25, -0.2) is 4.98 Å². The van der Waals surface area contributed by atoms with Crippen molar-refractivity contribution in [3.63, 3.8) is 0 Å². The second-order valence-corrected chi connectivity index (χ2v) is 7.42. The molecule has 0 atom stereocenters. The van der Waals surface area contributed by atoms with Crippen LogP contribution in [-0.2, 0) is 4.79 Å². The molecule has 7 heteroatoms. The number of amides is 1. The summed E-state index contributed by atoms with van der Waals surface area (Å²) in [6.07, 6.45) is 3.38. The molecule has 3 aliphatic rings. The predicted octanol–water partition coefficient (Wildman–Crippen LogP) is 2.08. The molecule has 1 saturated heterocycles. The number of aromatic nitrogens is 1. The highest BCUT2D eigenvalue weighted by atomic mass is 32.2. The first kappa shape index (κ1) is 16.4. The topological polar surface area (TPSA) is 52.0 Å². The molecule has 0 saturated carbocycles. The van der Waals surface area contributed by atoms with E-state index in [1.807, 2.05) is 17.2 Å². The average Bonchev–Trinajstić information content (AvgIpc) is 3.05. The minimum atomic E-state index is 0.219. The third-order valence-corrected chi connectivity index (χ3v) is 5.86. The van der Waals surface area contributed by atoms with Gasteiger partial charge in [0.1, 0.15) is 5.82 Å². The van der Waals surface area contributed by atoms with Gasteiger partial charge in [0.05, 0.1) is 6.42 Å². The molecule has 1 amide bonds. The number of hydrogen-bond acceptors (Lipinski definition) is 6. The number of nitrogens with zero attached hydrogens (tertiary/aromatic N) is 5. The molecule has 4 heterocycles. The maximum absolute atomic E-state index is 12.7. The Morgan fingerprint density at radius 3 is 2.88 bits per heavy atom. The largest absolute Gasteiger partial charge is 0.353 e. The molecule has 0 aliphatic carbocycles. The zero-order valence-corrected chi connectivity index (χ0v) is 15.3. The van der Waals surface area contributed by atoms with Crippen molar-refractivity contribution >= 4 is 28.7 Å². The summed E-state index contributed by atoms with van der Waals surface area (Å²) in [5, 5.41) is 3.15. The van der Waals surface area contributed by atoms with Gasteiger partial charge in [0, 0.05) is 51.2 Å². The normalized spacial score (nSPS) is 20.3. The van der Waals surface area contributed by atoms with Gasteiger partial charge in [-0.1, -0.05) is 17.8 Å². The van der Waals surface area contributed by atoms with Crippen molar-refractivity contribution in [2.24, 2.45) is 4.99 Å². The lowest BCUT2D eigenvalue weighted by Crippen LogP contribution is -2.49. The first-order chi connectivity index (χ1) is 12.2. The molecule has 0 N–H and O–H groups in total. The lowest BCUT2D eigenvalue weighted by atomic mass is 10.2. The van der Waals surface area contributed by atoms with E-state index in [4.69, 9.17) is 0 Å². The molecule has 6 nitrogen and oxygen atoms in total. The van der Waals surface area contributed by atoms with Crippen LogP contribution < -0.4 is 4.90 Å². The van der Waals surface area contributed by atoms with Crippen molar-refractivity contribution in [1.82, 2.24) is 14.8 Å². The van der Waals surface area contributed by atoms with Gasteiger partial charge in [0.15, 0.2) is 5.17 Å².